The summed E-state index contributed by atoms with van der Waals surface area (Å²) in [6.07, 6.45) is 0. The van der Waals surface area contributed by atoms with Gasteiger partial charge in [0.05, 0.1) is 6.61 Å². The van der Waals surface area contributed by atoms with E-state index in [4.69, 9.17) is 15.4 Å². The van der Waals surface area contributed by atoms with Gasteiger partial charge < -0.3 is 14.3 Å². The van der Waals surface area contributed by atoms with E-state index >= 15 is 0 Å². The molecule has 0 unspecified atom stereocenters. The molecule has 0 atom stereocenters. The third-order valence-electron chi connectivity index (χ3n) is 2.33. The standard InChI is InChI=1S/C14H15NO3/c1-2-16-11-3-5-12(6-4-11)17-13-7-9-14(18-15)10-8-13/h3-10H,2,15H2,1H3. The lowest BCUT2D eigenvalue weighted by Gasteiger charge is -2.07. The van der Waals surface area contributed by atoms with Crippen LogP contribution in [0.5, 0.6) is 23.0 Å². The largest absolute Gasteiger partial charge is 0.494 e. The Labute approximate surface area is 106 Å². The molecule has 0 aliphatic carbocycles. The van der Waals surface area contributed by atoms with Gasteiger partial charge in [0.25, 0.3) is 0 Å². The Kier molecular flexibility index (Phi) is 4.04. The third-order valence-corrected chi connectivity index (χ3v) is 2.33. The predicted molar refractivity (Wildman–Crippen MR) is 68.9 cm³/mol. The number of ether oxygens (including phenoxy) is 2. The first-order valence-corrected chi connectivity index (χ1v) is 5.69. The van der Waals surface area contributed by atoms with Crippen LogP contribution in [0.15, 0.2) is 48.5 Å². The van der Waals surface area contributed by atoms with Gasteiger partial charge >= 0.3 is 0 Å². The molecule has 18 heavy (non-hydrogen) atoms. The Morgan fingerprint density at radius 1 is 0.778 bits per heavy atom. The van der Waals surface area contributed by atoms with Crippen LogP contribution in [0.25, 0.3) is 0 Å². The molecule has 0 saturated heterocycles. The molecule has 2 aromatic rings. The topological polar surface area (TPSA) is 53.7 Å². The van der Waals surface area contributed by atoms with Gasteiger partial charge in [-0.25, -0.2) is 0 Å². The van der Waals surface area contributed by atoms with E-state index in [-0.39, 0.29) is 0 Å². The molecule has 0 amide bonds. The lowest BCUT2D eigenvalue weighted by molar-refractivity contribution is 0.334. The van der Waals surface area contributed by atoms with E-state index in [2.05, 4.69) is 4.84 Å². The molecular formula is C14H15NO3. The molecule has 4 nitrogen and oxygen atoms in total. The molecule has 0 bridgehead atoms. The second-order valence-electron chi connectivity index (χ2n) is 3.60. The molecule has 0 radical (unpaired) electrons. The minimum absolute atomic E-state index is 0.592. The minimum atomic E-state index is 0.592. The highest BCUT2D eigenvalue weighted by Gasteiger charge is 1.99. The van der Waals surface area contributed by atoms with Gasteiger partial charge in [-0.2, -0.15) is 5.90 Å². The van der Waals surface area contributed by atoms with Gasteiger partial charge in [0, 0.05) is 0 Å². The van der Waals surface area contributed by atoms with E-state index in [9.17, 15) is 0 Å². The Bertz CT molecular complexity index is 479. The Hall–Kier alpha value is -2.20. The molecule has 0 aromatic heterocycles. The van der Waals surface area contributed by atoms with E-state index in [0.717, 1.165) is 17.2 Å². The van der Waals surface area contributed by atoms with Crippen LogP contribution in [-0.4, -0.2) is 6.61 Å². The maximum atomic E-state index is 5.66. The van der Waals surface area contributed by atoms with Gasteiger partial charge in [-0.05, 0) is 55.5 Å². The Morgan fingerprint density at radius 2 is 1.22 bits per heavy atom. The summed E-state index contributed by atoms with van der Waals surface area (Å²) in [7, 11) is 0. The summed E-state index contributed by atoms with van der Waals surface area (Å²) >= 11 is 0. The van der Waals surface area contributed by atoms with E-state index in [1.54, 1.807) is 24.3 Å². The van der Waals surface area contributed by atoms with E-state index in [1.165, 1.54) is 0 Å². The zero-order valence-electron chi connectivity index (χ0n) is 10.1. The van der Waals surface area contributed by atoms with Crippen LogP contribution in [0.3, 0.4) is 0 Å². The Morgan fingerprint density at radius 3 is 1.67 bits per heavy atom. The van der Waals surface area contributed by atoms with Crippen LogP contribution in [-0.2, 0) is 0 Å². The number of benzene rings is 2. The monoisotopic (exact) mass is 245 g/mol. The fourth-order valence-corrected chi connectivity index (χ4v) is 1.49. The summed E-state index contributed by atoms with van der Waals surface area (Å²) in [6, 6.07) is 14.5. The van der Waals surface area contributed by atoms with Crippen molar-refractivity contribution in [1.82, 2.24) is 0 Å². The third kappa shape index (κ3) is 3.15. The van der Waals surface area contributed by atoms with E-state index < -0.39 is 0 Å². The zero-order chi connectivity index (χ0) is 12.8. The summed E-state index contributed by atoms with van der Waals surface area (Å²) in [5.74, 6) is 7.94. The molecule has 4 heteroatoms. The number of hydrogen-bond donors (Lipinski definition) is 1. The van der Waals surface area contributed by atoms with Crippen molar-refractivity contribution in [3.63, 3.8) is 0 Å². The van der Waals surface area contributed by atoms with E-state index in [1.807, 2.05) is 31.2 Å². The quantitative estimate of drug-likeness (QED) is 0.822. The van der Waals surface area contributed by atoms with Crippen molar-refractivity contribution in [3.05, 3.63) is 48.5 Å². The number of nitrogens with two attached hydrogens (primary N) is 1. The van der Waals surface area contributed by atoms with E-state index in [0.29, 0.717) is 12.4 Å². The van der Waals surface area contributed by atoms with Gasteiger partial charge in [0.1, 0.15) is 23.0 Å². The van der Waals surface area contributed by atoms with Crippen LogP contribution in [0, 0.1) is 0 Å². The molecule has 0 aliphatic heterocycles. The highest BCUT2D eigenvalue weighted by atomic mass is 16.6. The SMILES string of the molecule is CCOc1ccc(Oc2ccc(ON)cc2)cc1. The molecule has 0 saturated carbocycles. The Balaban J connectivity index is 2.03. The minimum Gasteiger partial charge on any atom is -0.494 e. The van der Waals surface area contributed by atoms with Crippen molar-refractivity contribution < 1.29 is 14.3 Å². The maximum Gasteiger partial charge on any atom is 0.147 e. The predicted octanol–water partition coefficient (Wildman–Crippen LogP) is 3.13. The fourth-order valence-electron chi connectivity index (χ4n) is 1.49. The summed E-state index contributed by atoms with van der Waals surface area (Å²) in [5, 5.41) is 0. The van der Waals surface area contributed by atoms with Crippen molar-refractivity contribution in [1.29, 1.82) is 0 Å². The van der Waals surface area contributed by atoms with Gasteiger partial charge in [-0.1, -0.05) is 0 Å². The average Bonchev–Trinajstić information content (AvgIpc) is 2.42. The number of rotatable bonds is 5. The fraction of sp³-hybridized carbons (Fsp3) is 0.143. The molecule has 0 fully saturated rings. The molecule has 0 spiro atoms. The molecule has 2 aromatic carbocycles. The lowest BCUT2D eigenvalue weighted by Crippen LogP contribution is -2.01. The maximum absolute atomic E-state index is 5.66. The molecule has 94 valence electrons. The van der Waals surface area contributed by atoms with Crippen LogP contribution >= 0.6 is 0 Å². The van der Waals surface area contributed by atoms with Crippen molar-refractivity contribution in [2.45, 2.75) is 6.92 Å². The first-order chi connectivity index (χ1) is 8.81. The van der Waals surface area contributed by atoms with Crippen LogP contribution in [0.2, 0.25) is 0 Å². The first kappa shape index (κ1) is 12.3. The molecule has 2 N–H and O–H groups in total. The van der Waals surface area contributed by atoms with Crippen LogP contribution < -0.4 is 20.2 Å². The first-order valence-electron chi connectivity index (χ1n) is 5.69. The second-order valence-corrected chi connectivity index (χ2v) is 3.60. The zero-order valence-corrected chi connectivity index (χ0v) is 10.1. The van der Waals surface area contributed by atoms with Crippen LogP contribution in [0.4, 0.5) is 0 Å². The van der Waals surface area contributed by atoms with Gasteiger partial charge in [0.2, 0.25) is 0 Å². The van der Waals surface area contributed by atoms with Crippen molar-refractivity contribution in [3.8, 4) is 23.0 Å². The smallest absolute Gasteiger partial charge is 0.147 e. The molecule has 0 aliphatic rings. The second kappa shape index (κ2) is 5.93. The number of hydrogen-bond acceptors (Lipinski definition) is 4. The van der Waals surface area contributed by atoms with Gasteiger partial charge in [0.15, 0.2) is 0 Å². The molecule has 2 rings (SSSR count). The summed E-state index contributed by atoms with van der Waals surface area (Å²) in [6.45, 7) is 2.60. The normalized spacial score (nSPS) is 9.89. The summed E-state index contributed by atoms with van der Waals surface area (Å²) in [5.41, 5.74) is 0. The van der Waals surface area contributed by atoms with Crippen molar-refractivity contribution in [2.75, 3.05) is 6.61 Å². The summed E-state index contributed by atoms with van der Waals surface area (Å²) in [4.78, 5) is 4.59. The average molecular weight is 245 g/mol. The van der Waals surface area contributed by atoms with Gasteiger partial charge in [-0.15, -0.1) is 0 Å². The van der Waals surface area contributed by atoms with Crippen molar-refractivity contribution >= 4 is 0 Å². The highest BCUT2D eigenvalue weighted by molar-refractivity contribution is 5.37. The molecular weight excluding hydrogens is 230 g/mol. The van der Waals surface area contributed by atoms with Crippen LogP contribution in [0.1, 0.15) is 6.92 Å². The molecule has 0 heterocycles. The highest BCUT2D eigenvalue weighted by Crippen LogP contribution is 2.25. The summed E-state index contributed by atoms with van der Waals surface area (Å²) < 4.78 is 11.0. The van der Waals surface area contributed by atoms with Crippen molar-refractivity contribution in [2.24, 2.45) is 5.90 Å². The lowest BCUT2D eigenvalue weighted by atomic mass is 10.3. The van der Waals surface area contributed by atoms with Gasteiger partial charge in [-0.3, -0.25) is 0 Å².